The molecule has 3 aromatic rings. The van der Waals surface area contributed by atoms with Gasteiger partial charge >= 0.3 is 0 Å². The molecule has 31 heavy (non-hydrogen) atoms. The summed E-state index contributed by atoms with van der Waals surface area (Å²) in [6, 6.07) is 26.9. The van der Waals surface area contributed by atoms with Gasteiger partial charge in [0, 0.05) is 30.3 Å². The summed E-state index contributed by atoms with van der Waals surface area (Å²) in [5.41, 5.74) is 3.50. The van der Waals surface area contributed by atoms with E-state index in [4.69, 9.17) is 9.47 Å². The fourth-order valence-electron chi connectivity index (χ4n) is 3.50. The van der Waals surface area contributed by atoms with E-state index in [1.54, 1.807) is 0 Å². The Morgan fingerprint density at radius 3 is 2.39 bits per heavy atom. The van der Waals surface area contributed by atoms with Crippen molar-refractivity contribution in [1.29, 1.82) is 0 Å². The van der Waals surface area contributed by atoms with Gasteiger partial charge in [0.15, 0.2) is 0 Å². The van der Waals surface area contributed by atoms with Crippen molar-refractivity contribution in [2.75, 3.05) is 18.5 Å². The van der Waals surface area contributed by atoms with Gasteiger partial charge in [0.05, 0.1) is 13.2 Å². The zero-order valence-electron chi connectivity index (χ0n) is 18.7. The van der Waals surface area contributed by atoms with Crippen LogP contribution in [-0.4, -0.2) is 13.2 Å². The number of anilines is 1. The van der Waals surface area contributed by atoms with Crippen LogP contribution in [0.5, 0.6) is 11.5 Å². The van der Waals surface area contributed by atoms with Crippen molar-refractivity contribution in [2.24, 2.45) is 0 Å². The van der Waals surface area contributed by atoms with E-state index < -0.39 is 0 Å². The summed E-state index contributed by atoms with van der Waals surface area (Å²) in [5, 5.41) is 3.51. The average Bonchev–Trinajstić information content (AvgIpc) is 2.82. The monoisotopic (exact) mass is 417 g/mol. The second-order valence-electron chi connectivity index (χ2n) is 7.84. The zero-order chi connectivity index (χ0) is 21.6. The largest absolute Gasteiger partial charge is 0.494 e. The van der Waals surface area contributed by atoms with Crippen LogP contribution in [0.3, 0.4) is 0 Å². The molecule has 3 aromatic carbocycles. The van der Waals surface area contributed by atoms with E-state index in [1.807, 2.05) is 30.3 Å². The molecule has 0 fully saturated rings. The Hall–Kier alpha value is -2.94. The maximum Gasteiger partial charge on any atom is 0.124 e. The van der Waals surface area contributed by atoms with Crippen molar-refractivity contribution in [3.05, 3.63) is 90.0 Å². The van der Waals surface area contributed by atoms with Crippen LogP contribution in [0, 0.1) is 0 Å². The standard InChI is InChI=1S/C28H35NO2/c1-2-3-4-5-11-20-30-27-17-12-16-26(22-27)29-23-25-15-9-10-18-28(25)31-21-19-24-13-7-6-8-14-24/h6-10,12-18,22,29H,2-5,11,19-21,23H2,1H3. The predicted octanol–water partition coefficient (Wildman–Crippen LogP) is 7.27. The first-order valence-corrected chi connectivity index (χ1v) is 11.6. The van der Waals surface area contributed by atoms with Crippen LogP contribution >= 0.6 is 0 Å². The van der Waals surface area contributed by atoms with E-state index in [2.05, 4.69) is 60.8 Å². The first-order valence-electron chi connectivity index (χ1n) is 11.6. The Morgan fingerprint density at radius 1 is 0.710 bits per heavy atom. The molecule has 0 radical (unpaired) electrons. The molecule has 3 heteroatoms. The minimum Gasteiger partial charge on any atom is -0.494 e. The molecule has 0 bridgehead atoms. The summed E-state index contributed by atoms with van der Waals surface area (Å²) in [6.45, 7) is 4.40. The second kappa shape index (κ2) is 13.4. The number of benzene rings is 3. The van der Waals surface area contributed by atoms with Gasteiger partial charge in [0.2, 0.25) is 0 Å². The van der Waals surface area contributed by atoms with Gasteiger partial charge < -0.3 is 14.8 Å². The lowest BCUT2D eigenvalue weighted by molar-refractivity contribution is 0.304. The summed E-state index contributed by atoms with van der Waals surface area (Å²) in [5.74, 6) is 1.86. The summed E-state index contributed by atoms with van der Waals surface area (Å²) < 4.78 is 12.0. The highest BCUT2D eigenvalue weighted by Gasteiger charge is 2.04. The number of unbranched alkanes of at least 4 members (excludes halogenated alkanes) is 4. The van der Waals surface area contributed by atoms with E-state index in [1.165, 1.54) is 31.2 Å². The quantitative estimate of drug-likeness (QED) is 0.280. The van der Waals surface area contributed by atoms with E-state index in [0.29, 0.717) is 13.2 Å². The lowest BCUT2D eigenvalue weighted by Crippen LogP contribution is -2.06. The van der Waals surface area contributed by atoms with Crippen molar-refractivity contribution in [2.45, 2.75) is 52.0 Å². The van der Waals surface area contributed by atoms with Crippen LogP contribution < -0.4 is 14.8 Å². The Bertz CT molecular complexity index is 879. The van der Waals surface area contributed by atoms with E-state index >= 15 is 0 Å². The molecule has 3 nitrogen and oxygen atoms in total. The highest BCUT2D eigenvalue weighted by molar-refractivity contribution is 5.49. The number of hydrogen-bond acceptors (Lipinski definition) is 3. The minimum absolute atomic E-state index is 0.669. The summed E-state index contributed by atoms with van der Waals surface area (Å²) in [4.78, 5) is 0. The fraction of sp³-hybridized carbons (Fsp3) is 0.357. The minimum atomic E-state index is 0.669. The molecule has 0 amide bonds. The topological polar surface area (TPSA) is 30.5 Å². The molecular formula is C28H35NO2. The number of rotatable bonds is 14. The van der Waals surface area contributed by atoms with E-state index in [9.17, 15) is 0 Å². The molecule has 3 rings (SSSR count). The Kier molecular flexibility index (Phi) is 9.81. The van der Waals surface area contributed by atoms with E-state index in [-0.39, 0.29) is 0 Å². The first kappa shape index (κ1) is 22.7. The summed E-state index contributed by atoms with van der Waals surface area (Å²) >= 11 is 0. The molecule has 0 heterocycles. The maximum absolute atomic E-state index is 6.08. The van der Waals surface area contributed by atoms with Crippen molar-refractivity contribution in [3.63, 3.8) is 0 Å². The first-order chi connectivity index (χ1) is 15.3. The molecule has 0 aliphatic carbocycles. The van der Waals surface area contributed by atoms with Gasteiger partial charge in [0.25, 0.3) is 0 Å². The van der Waals surface area contributed by atoms with Crippen LogP contribution in [0.2, 0.25) is 0 Å². The summed E-state index contributed by atoms with van der Waals surface area (Å²) in [6.07, 6.45) is 7.15. The number of nitrogens with one attached hydrogen (secondary N) is 1. The lowest BCUT2D eigenvalue weighted by atomic mass is 10.1. The molecule has 1 N–H and O–H groups in total. The van der Waals surface area contributed by atoms with Crippen LogP contribution in [-0.2, 0) is 13.0 Å². The number of ether oxygens (including phenoxy) is 2. The smallest absolute Gasteiger partial charge is 0.124 e. The van der Waals surface area contributed by atoms with Crippen LogP contribution in [0.4, 0.5) is 5.69 Å². The van der Waals surface area contributed by atoms with Crippen LogP contribution in [0.1, 0.15) is 50.2 Å². The zero-order valence-corrected chi connectivity index (χ0v) is 18.7. The Labute approximate surface area is 187 Å². The van der Waals surface area contributed by atoms with Gasteiger partial charge in [-0.15, -0.1) is 0 Å². The second-order valence-corrected chi connectivity index (χ2v) is 7.84. The number of para-hydroxylation sites is 1. The normalized spacial score (nSPS) is 10.6. The van der Waals surface area contributed by atoms with Gasteiger partial charge in [-0.1, -0.05) is 87.2 Å². The van der Waals surface area contributed by atoms with Crippen molar-refractivity contribution >= 4 is 5.69 Å². The predicted molar refractivity (Wildman–Crippen MR) is 130 cm³/mol. The molecule has 0 unspecified atom stereocenters. The molecule has 0 aliphatic heterocycles. The Morgan fingerprint density at radius 2 is 1.52 bits per heavy atom. The molecule has 0 spiro atoms. The molecule has 0 atom stereocenters. The highest BCUT2D eigenvalue weighted by atomic mass is 16.5. The molecular weight excluding hydrogens is 382 g/mol. The number of hydrogen-bond donors (Lipinski definition) is 1. The third kappa shape index (κ3) is 8.37. The van der Waals surface area contributed by atoms with Gasteiger partial charge in [0.1, 0.15) is 11.5 Å². The summed E-state index contributed by atoms with van der Waals surface area (Å²) in [7, 11) is 0. The molecule has 0 aromatic heterocycles. The van der Waals surface area contributed by atoms with Crippen molar-refractivity contribution in [3.8, 4) is 11.5 Å². The van der Waals surface area contributed by atoms with Crippen molar-refractivity contribution in [1.82, 2.24) is 0 Å². The lowest BCUT2D eigenvalue weighted by Gasteiger charge is -2.14. The van der Waals surface area contributed by atoms with Crippen LogP contribution in [0.15, 0.2) is 78.9 Å². The maximum atomic E-state index is 6.08. The molecule has 0 saturated heterocycles. The molecule has 0 aliphatic rings. The molecule has 164 valence electrons. The highest BCUT2D eigenvalue weighted by Crippen LogP contribution is 2.22. The van der Waals surface area contributed by atoms with Crippen molar-refractivity contribution < 1.29 is 9.47 Å². The average molecular weight is 418 g/mol. The van der Waals surface area contributed by atoms with Gasteiger partial charge in [-0.3, -0.25) is 0 Å². The molecule has 0 saturated carbocycles. The third-order valence-electron chi connectivity index (χ3n) is 5.30. The fourth-order valence-corrected chi connectivity index (χ4v) is 3.50. The van der Waals surface area contributed by atoms with Gasteiger partial charge in [-0.25, -0.2) is 0 Å². The van der Waals surface area contributed by atoms with Gasteiger partial charge in [-0.2, -0.15) is 0 Å². The van der Waals surface area contributed by atoms with E-state index in [0.717, 1.165) is 42.2 Å². The van der Waals surface area contributed by atoms with Gasteiger partial charge in [-0.05, 0) is 30.2 Å². The Balaban J connectivity index is 1.46. The third-order valence-corrected chi connectivity index (χ3v) is 5.30. The van der Waals surface area contributed by atoms with Crippen LogP contribution in [0.25, 0.3) is 0 Å². The SMILES string of the molecule is CCCCCCCOc1cccc(NCc2ccccc2OCCc2ccccc2)c1.